The minimum absolute atomic E-state index is 0.212. The number of hydrogen-bond donors (Lipinski definition) is 2. The van der Waals surface area contributed by atoms with Crippen LogP contribution in [0, 0.1) is 5.82 Å². The van der Waals surface area contributed by atoms with Gasteiger partial charge in [-0.05, 0) is 49.2 Å². The summed E-state index contributed by atoms with van der Waals surface area (Å²) in [4.78, 5) is 2.27. The second-order valence-electron chi connectivity index (χ2n) is 5.63. The number of anilines is 3. The maximum atomic E-state index is 13.2. The average Bonchev–Trinajstić information content (AvgIpc) is 2.48. The van der Waals surface area contributed by atoms with Gasteiger partial charge in [-0.25, -0.2) is 4.39 Å². The lowest BCUT2D eigenvalue weighted by Crippen LogP contribution is -2.39. The van der Waals surface area contributed by atoms with Crippen LogP contribution in [0.4, 0.5) is 21.5 Å². The molecular formula is C17H19ClFN3. The van der Waals surface area contributed by atoms with Crippen molar-refractivity contribution < 1.29 is 4.39 Å². The molecule has 3 N–H and O–H groups in total. The first-order valence-electron chi connectivity index (χ1n) is 7.44. The molecule has 0 aromatic heterocycles. The number of nitrogen functional groups attached to an aromatic ring is 1. The topological polar surface area (TPSA) is 41.3 Å². The van der Waals surface area contributed by atoms with Gasteiger partial charge in [0.15, 0.2) is 0 Å². The summed E-state index contributed by atoms with van der Waals surface area (Å²) in [7, 11) is 0. The molecule has 1 heterocycles. The van der Waals surface area contributed by atoms with Crippen LogP contribution in [0.1, 0.15) is 12.8 Å². The van der Waals surface area contributed by atoms with Crippen LogP contribution >= 0.6 is 11.6 Å². The van der Waals surface area contributed by atoms with E-state index in [0.717, 1.165) is 37.3 Å². The number of nitrogens with zero attached hydrogens (tertiary/aromatic N) is 1. The molecule has 0 radical (unpaired) electrons. The molecule has 3 nitrogen and oxygen atoms in total. The summed E-state index contributed by atoms with van der Waals surface area (Å²) in [6.45, 7) is 1.83. The van der Waals surface area contributed by atoms with Gasteiger partial charge in [0.25, 0.3) is 0 Å². The maximum Gasteiger partial charge on any atom is 0.125 e. The van der Waals surface area contributed by atoms with Gasteiger partial charge >= 0.3 is 0 Å². The van der Waals surface area contributed by atoms with Crippen molar-refractivity contribution in [3.8, 4) is 0 Å². The van der Waals surface area contributed by atoms with E-state index in [1.54, 1.807) is 12.1 Å². The molecule has 1 aliphatic heterocycles. The van der Waals surface area contributed by atoms with Crippen LogP contribution in [0.3, 0.4) is 0 Å². The van der Waals surface area contributed by atoms with Crippen LogP contribution in [-0.4, -0.2) is 19.1 Å². The van der Waals surface area contributed by atoms with Crippen molar-refractivity contribution in [2.75, 3.05) is 29.0 Å². The van der Waals surface area contributed by atoms with Crippen LogP contribution in [0.15, 0.2) is 42.5 Å². The number of nitrogens with one attached hydrogen (secondary N) is 1. The molecule has 0 bridgehead atoms. The number of halogens is 2. The Morgan fingerprint density at radius 2 is 1.91 bits per heavy atom. The molecule has 0 amide bonds. The van der Waals surface area contributed by atoms with E-state index in [2.05, 4.69) is 10.2 Å². The van der Waals surface area contributed by atoms with Crippen LogP contribution in [0.2, 0.25) is 5.02 Å². The second kappa shape index (κ2) is 6.44. The lowest BCUT2D eigenvalue weighted by molar-refractivity contribution is 0.526. The molecule has 2 aromatic carbocycles. The number of nitrogens with two attached hydrogens (primary N) is 1. The first kappa shape index (κ1) is 15.0. The normalized spacial score (nSPS) is 15.8. The quantitative estimate of drug-likeness (QED) is 0.835. The van der Waals surface area contributed by atoms with E-state index < -0.39 is 0 Å². The summed E-state index contributed by atoms with van der Waals surface area (Å²) in [5.74, 6) is -0.212. The molecule has 0 atom stereocenters. The summed E-state index contributed by atoms with van der Waals surface area (Å²) in [5.41, 5.74) is 8.28. The fourth-order valence-corrected chi connectivity index (χ4v) is 3.17. The van der Waals surface area contributed by atoms with Gasteiger partial charge in [-0.3, -0.25) is 0 Å². The average molecular weight is 320 g/mol. The Morgan fingerprint density at radius 3 is 2.59 bits per heavy atom. The highest BCUT2D eigenvalue weighted by molar-refractivity contribution is 6.33. The Kier molecular flexibility index (Phi) is 4.39. The second-order valence-corrected chi connectivity index (χ2v) is 6.03. The van der Waals surface area contributed by atoms with Crippen molar-refractivity contribution in [1.29, 1.82) is 0 Å². The van der Waals surface area contributed by atoms with Gasteiger partial charge in [0.1, 0.15) is 5.82 Å². The third-order valence-electron chi connectivity index (χ3n) is 4.00. The molecule has 2 aromatic rings. The van der Waals surface area contributed by atoms with E-state index in [-0.39, 0.29) is 5.82 Å². The molecule has 22 heavy (non-hydrogen) atoms. The molecular weight excluding hydrogens is 301 g/mol. The molecule has 5 heteroatoms. The standard InChI is InChI=1S/C17H19ClFN3/c18-16-11-13(20)4-5-17(16)22-8-6-14(7-9-22)21-15-3-1-2-12(19)10-15/h1-5,10-11,14,21H,6-9,20H2. The third kappa shape index (κ3) is 3.45. The maximum absolute atomic E-state index is 13.2. The Morgan fingerprint density at radius 1 is 1.14 bits per heavy atom. The van der Waals surface area contributed by atoms with Crippen molar-refractivity contribution in [3.63, 3.8) is 0 Å². The first-order valence-corrected chi connectivity index (χ1v) is 7.82. The van der Waals surface area contributed by atoms with Gasteiger partial charge < -0.3 is 16.0 Å². The summed E-state index contributed by atoms with van der Waals surface area (Å²) in [6.07, 6.45) is 1.97. The van der Waals surface area contributed by atoms with E-state index in [0.29, 0.717) is 16.8 Å². The number of benzene rings is 2. The van der Waals surface area contributed by atoms with Gasteiger partial charge in [-0.1, -0.05) is 17.7 Å². The first-order chi connectivity index (χ1) is 10.6. The highest BCUT2D eigenvalue weighted by Gasteiger charge is 2.20. The van der Waals surface area contributed by atoms with Crippen LogP contribution in [-0.2, 0) is 0 Å². The van der Waals surface area contributed by atoms with E-state index in [1.165, 1.54) is 12.1 Å². The Balaban J connectivity index is 1.60. The van der Waals surface area contributed by atoms with Gasteiger partial charge in [-0.15, -0.1) is 0 Å². The minimum atomic E-state index is -0.212. The molecule has 116 valence electrons. The number of piperidine rings is 1. The summed E-state index contributed by atoms with van der Waals surface area (Å²) in [5, 5.41) is 4.09. The van der Waals surface area contributed by atoms with E-state index >= 15 is 0 Å². The Labute approximate surface area is 134 Å². The molecule has 0 aliphatic carbocycles. The lowest BCUT2D eigenvalue weighted by Gasteiger charge is -2.35. The lowest BCUT2D eigenvalue weighted by atomic mass is 10.0. The van der Waals surface area contributed by atoms with Crippen LogP contribution in [0.5, 0.6) is 0 Å². The SMILES string of the molecule is Nc1ccc(N2CCC(Nc3cccc(F)c3)CC2)c(Cl)c1. The molecule has 0 saturated carbocycles. The van der Waals surface area contributed by atoms with E-state index in [1.807, 2.05) is 18.2 Å². The molecule has 1 aliphatic rings. The zero-order chi connectivity index (χ0) is 15.5. The highest BCUT2D eigenvalue weighted by Crippen LogP contribution is 2.30. The largest absolute Gasteiger partial charge is 0.399 e. The zero-order valence-electron chi connectivity index (χ0n) is 12.2. The van der Waals surface area contributed by atoms with Crippen molar-refractivity contribution in [2.45, 2.75) is 18.9 Å². The monoisotopic (exact) mass is 319 g/mol. The number of rotatable bonds is 3. The minimum Gasteiger partial charge on any atom is -0.399 e. The van der Waals surface area contributed by atoms with Crippen molar-refractivity contribution in [1.82, 2.24) is 0 Å². The van der Waals surface area contributed by atoms with Gasteiger partial charge in [0.2, 0.25) is 0 Å². The number of hydrogen-bond acceptors (Lipinski definition) is 3. The van der Waals surface area contributed by atoms with Gasteiger partial charge in [0, 0.05) is 30.5 Å². The summed E-state index contributed by atoms with van der Waals surface area (Å²) >= 11 is 6.27. The highest BCUT2D eigenvalue weighted by atomic mass is 35.5. The van der Waals surface area contributed by atoms with Crippen molar-refractivity contribution >= 4 is 28.7 Å². The molecule has 0 spiro atoms. The smallest absolute Gasteiger partial charge is 0.125 e. The van der Waals surface area contributed by atoms with Crippen molar-refractivity contribution in [3.05, 3.63) is 53.3 Å². The molecule has 1 saturated heterocycles. The van der Waals surface area contributed by atoms with E-state index in [4.69, 9.17) is 17.3 Å². The van der Waals surface area contributed by atoms with Gasteiger partial charge in [0.05, 0.1) is 10.7 Å². The Hall–Kier alpha value is -1.94. The fraction of sp³-hybridized carbons (Fsp3) is 0.294. The van der Waals surface area contributed by atoms with E-state index in [9.17, 15) is 4.39 Å². The fourth-order valence-electron chi connectivity index (χ4n) is 2.86. The Bertz CT molecular complexity index is 654. The zero-order valence-corrected chi connectivity index (χ0v) is 13.0. The third-order valence-corrected chi connectivity index (χ3v) is 4.31. The van der Waals surface area contributed by atoms with Crippen LogP contribution < -0.4 is 16.0 Å². The van der Waals surface area contributed by atoms with Gasteiger partial charge in [-0.2, -0.15) is 0 Å². The summed E-state index contributed by atoms with van der Waals surface area (Å²) < 4.78 is 13.2. The molecule has 0 unspecified atom stereocenters. The van der Waals surface area contributed by atoms with Crippen LogP contribution in [0.25, 0.3) is 0 Å². The summed E-state index contributed by atoms with van der Waals surface area (Å²) in [6, 6.07) is 12.6. The predicted molar refractivity (Wildman–Crippen MR) is 91.1 cm³/mol. The predicted octanol–water partition coefficient (Wildman–Crippen LogP) is 4.14. The molecule has 3 rings (SSSR count). The van der Waals surface area contributed by atoms with Crippen molar-refractivity contribution in [2.24, 2.45) is 0 Å². The molecule has 1 fully saturated rings.